The predicted molar refractivity (Wildman–Crippen MR) is 34.1 cm³/mol. The van der Waals surface area contributed by atoms with E-state index >= 15 is 0 Å². The standard InChI is InChI=1S/C7H12O2/c1-4-3-6(5(4)2)7(8)9/h4-6H,3H2,1-2H3,(H,8,9). The van der Waals surface area contributed by atoms with Crippen LogP contribution in [0.4, 0.5) is 0 Å². The first-order valence-corrected chi connectivity index (χ1v) is 3.35. The highest BCUT2D eigenvalue weighted by molar-refractivity contribution is 5.71. The van der Waals surface area contributed by atoms with Crippen molar-refractivity contribution in [3.05, 3.63) is 0 Å². The first kappa shape index (κ1) is 6.59. The Bertz CT molecular complexity index is 131. The second-order valence-electron chi connectivity index (χ2n) is 3.02. The van der Waals surface area contributed by atoms with Gasteiger partial charge in [0.05, 0.1) is 5.92 Å². The maximum Gasteiger partial charge on any atom is 0.306 e. The van der Waals surface area contributed by atoms with Gasteiger partial charge in [0.25, 0.3) is 0 Å². The van der Waals surface area contributed by atoms with E-state index in [4.69, 9.17) is 5.11 Å². The summed E-state index contributed by atoms with van der Waals surface area (Å²) in [6.07, 6.45) is 0.872. The first-order valence-electron chi connectivity index (χ1n) is 3.35. The molecule has 0 aliphatic heterocycles. The summed E-state index contributed by atoms with van der Waals surface area (Å²) >= 11 is 0. The molecule has 2 nitrogen and oxygen atoms in total. The fourth-order valence-electron chi connectivity index (χ4n) is 1.36. The number of hydrogen-bond donors (Lipinski definition) is 1. The molecule has 0 saturated heterocycles. The van der Waals surface area contributed by atoms with Crippen LogP contribution in [0.25, 0.3) is 0 Å². The second kappa shape index (κ2) is 2.01. The van der Waals surface area contributed by atoms with Crippen molar-refractivity contribution >= 4 is 5.97 Å². The van der Waals surface area contributed by atoms with E-state index < -0.39 is 5.97 Å². The van der Waals surface area contributed by atoms with E-state index in [0.717, 1.165) is 6.42 Å². The fourth-order valence-corrected chi connectivity index (χ4v) is 1.36. The highest BCUT2D eigenvalue weighted by atomic mass is 16.4. The molecule has 1 N–H and O–H groups in total. The molecule has 3 unspecified atom stereocenters. The van der Waals surface area contributed by atoms with Crippen molar-refractivity contribution < 1.29 is 9.90 Å². The van der Waals surface area contributed by atoms with E-state index in [0.29, 0.717) is 11.8 Å². The van der Waals surface area contributed by atoms with Crippen LogP contribution in [0, 0.1) is 17.8 Å². The van der Waals surface area contributed by atoms with Gasteiger partial charge in [-0.05, 0) is 18.3 Å². The van der Waals surface area contributed by atoms with Crippen molar-refractivity contribution in [2.24, 2.45) is 17.8 Å². The Morgan fingerprint density at radius 1 is 1.56 bits per heavy atom. The molecule has 0 bridgehead atoms. The Balaban J connectivity index is 2.42. The Kier molecular flexibility index (Phi) is 1.47. The Labute approximate surface area is 54.9 Å². The third-order valence-corrected chi connectivity index (χ3v) is 2.48. The minimum atomic E-state index is -0.624. The van der Waals surface area contributed by atoms with Crippen LogP contribution in [0.1, 0.15) is 20.3 Å². The Morgan fingerprint density at radius 3 is 2.22 bits per heavy atom. The summed E-state index contributed by atoms with van der Waals surface area (Å²) in [5.74, 6) is 0.328. The zero-order valence-electron chi connectivity index (χ0n) is 5.79. The molecule has 1 aliphatic carbocycles. The molecule has 0 heterocycles. The van der Waals surface area contributed by atoms with Gasteiger partial charge < -0.3 is 5.11 Å². The van der Waals surface area contributed by atoms with Gasteiger partial charge in [0.1, 0.15) is 0 Å². The lowest BCUT2D eigenvalue weighted by atomic mass is 9.67. The smallest absolute Gasteiger partial charge is 0.306 e. The molecular formula is C7H12O2. The molecule has 9 heavy (non-hydrogen) atoms. The molecule has 0 amide bonds. The third kappa shape index (κ3) is 0.934. The number of carboxylic acid groups (broad SMARTS) is 1. The van der Waals surface area contributed by atoms with E-state index in [2.05, 4.69) is 6.92 Å². The maximum atomic E-state index is 10.3. The van der Waals surface area contributed by atoms with Gasteiger partial charge in [-0.3, -0.25) is 4.79 Å². The molecular weight excluding hydrogens is 116 g/mol. The average Bonchev–Trinajstić information content (AvgIpc) is 1.81. The SMILES string of the molecule is CC1CC(C(=O)O)C1C. The van der Waals surface area contributed by atoms with Crippen LogP contribution in [-0.2, 0) is 4.79 Å². The van der Waals surface area contributed by atoms with Gasteiger partial charge in [-0.1, -0.05) is 13.8 Å². The lowest BCUT2D eigenvalue weighted by Gasteiger charge is -2.37. The van der Waals surface area contributed by atoms with Crippen LogP contribution in [0.3, 0.4) is 0 Å². The largest absolute Gasteiger partial charge is 0.481 e. The molecule has 1 rings (SSSR count). The number of aliphatic carboxylic acids is 1. The highest BCUT2D eigenvalue weighted by Crippen LogP contribution is 2.39. The summed E-state index contributed by atoms with van der Waals surface area (Å²) < 4.78 is 0. The molecule has 0 radical (unpaired) electrons. The monoisotopic (exact) mass is 128 g/mol. The van der Waals surface area contributed by atoms with Crippen molar-refractivity contribution in [1.82, 2.24) is 0 Å². The molecule has 1 aliphatic rings. The van der Waals surface area contributed by atoms with Gasteiger partial charge >= 0.3 is 5.97 Å². The summed E-state index contributed by atoms with van der Waals surface area (Å²) in [6, 6.07) is 0. The molecule has 0 aromatic carbocycles. The van der Waals surface area contributed by atoms with Crippen molar-refractivity contribution in [3.8, 4) is 0 Å². The van der Waals surface area contributed by atoms with Crippen LogP contribution in [-0.4, -0.2) is 11.1 Å². The summed E-state index contributed by atoms with van der Waals surface area (Å²) in [5, 5.41) is 8.52. The number of carbonyl (C=O) groups is 1. The molecule has 3 atom stereocenters. The highest BCUT2D eigenvalue weighted by Gasteiger charge is 2.39. The summed E-state index contributed by atoms with van der Waals surface area (Å²) in [5.41, 5.74) is 0. The third-order valence-electron chi connectivity index (χ3n) is 2.48. The lowest BCUT2D eigenvalue weighted by Crippen LogP contribution is -2.37. The molecule has 0 aromatic rings. The zero-order valence-corrected chi connectivity index (χ0v) is 5.79. The van der Waals surface area contributed by atoms with E-state index in [-0.39, 0.29) is 5.92 Å². The minimum absolute atomic E-state index is 0.0556. The van der Waals surface area contributed by atoms with Gasteiger partial charge in [0, 0.05) is 0 Å². The van der Waals surface area contributed by atoms with Crippen LogP contribution < -0.4 is 0 Å². The van der Waals surface area contributed by atoms with E-state index in [9.17, 15) is 4.79 Å². The molecule has 0 spiro atoms. The molecule has 2 heteroatoms. The van der Waals surface area contributed by atoms with Gasteiger partial charge in [0.15, 0.2) is 0 Å². The van der Waals surface area contributed by atoms with Gasteiger partial charge in [-0.15, -0.1) is 0 Å². The van der Waals surface area contributed by atoms with Crippen LogP contribution >= 0.6 is 0 Å². The van der Waals surface area contributed by atoms with Gasteiger partial charge in [0.2, 0.25) is 0 Å². The molecule has 1 saturated carbocycles. The van der Waals surface area contributed by atoms with Crippen LogP contribution in [0.5, 0.6) is 0 Å². The summed E-state index contributed by atoms with van der Waals surface area (Å²) in [6.45, 7) is 4.11. The topological polar surface area (TPSA) is 37.3 Å². The minimum Gasteiger partial charge on any atom is -0.481 e. The number of rotatable bonds is 1. The Morgan fingerprint density at radius 2 is 2.11 bits per heavy atom. The maximum absolute atomic E-state index is 10.3. The van der Waals surface area contributed by atoms with Crippen molar-refractivity contribution in [3.63, 3.8) is 0 Å². The van der Waals surface area contributed by atoms with Crippen molar-refractivity contribution in [1.29, 1.82) is 0 Å². The van der Waals surface area contributed by atoms with Crippen molar-refractivity contribution in [2.45, 2.75) is 20.3 Å². The van der Waals surface area contributed by atoms with E-state index in [1.54, 1.807) is 0 Å². The normalized spacial score (nSPS) is 41.8. The molecule has 1 fully saturated rings. The number of hydrogen-bond acceptors (Lipinski definition) is 1. The van der Waals surface area contributed by atoms with E-state index in [1.807, 2.05) is 6.92 Å². The predicted octanol–water partition coefficient (Wildman–Crippen LogP) is 1.36. The quantitative estimate of drug-likeness (QED) is 0.579. The van der Waals surface area contributed by atoms with Crippen molar-refractivity contribution in [2.75, 3.05) is 0 Å². The lowest BCUT2D eigenvalue weighted by molar-refractivity contribution is -0.149. The second-order valence-corrected chi connectivity index (χ2v) is 3.02. The molecule has 52 valence electrons. The summed E-state index contributed by atoms with van der Waals surface area (Å²) in [4.78, 5) is 10.3. The van der Waals surface area contributed by atoms with E-state index in [1.165, 1.54) is 0 Å². The Hall–Kier alpha value is -0.530. The fraction of sp³-hybridized carbons (Fsp3) is 0.857. The first-order chi connectivity index (χ1) is 4.13. The number of carboxylic acids is 1. The van der Waals surface area contributed by atoms with Gasteiger partial charge in [-0.25, -0.2) is 0 Å². The average molecular weight is 128 g/mol. The van der Waals surface area contributed by atoms with Crippen LogP contribution in [0.15, 0.2) is 0 Å². The van der Waals surface area contributed by atoms with Gasteiger partial charge in [-0.2, -0.15) is 0 Å². The zero-order chi connectivity index (χ0) is 7.02. The molecule has 0 aromatic heterocycles. The van der Waals surface area contributed by atoms with Crippen LogP contribution in [0.2, 0.25) is 0 Å². The summed E-state index contributed by atoms with van der Waals surface area (Å²) in [7, 11) is 0.